The summed E-state index contributed by atoms with van der Waals surface area (Å²) < 4.78 is 18.1. The van der Waals surface area contributed by atoms with E-state index in [1.807, 2.05) is 6.07 Å². The highest BCUT2D eigenvalue weighted by molar-refractivity contribution is 7.43. The number of nitriles is 1. The molecule has 200 valence electrons. The van der Waals surface area contributed by atoms with Crippen LogP contribution in [0.1, 0.15) is 39.8 Å². The van der Waals surface area contributed by atoms with Gasteiger partial charge >= 0.3 is 0 Å². The highest BCUT2D eigenvalue weighted by Gasteiger charge is 2.58. The van der Waals surface area contributed by atoms with Gasteiger partial charge in [0.2, 0.25) is 11.7 Å². The van der Waals surface area contributed by atoms with Crippen LogP contribution in [-0.4, -0.2) is 87.6 Å². The Labute approximate surface area is 206 Å². The molecule has 2 aromatic rings. The molecule has 0 bridgehead atoms. The van der Waals surface area contributed by atoms with E-state index < -0.39 is 50.5 Å². The van der Waals surface area contributed by atoms with E-state index in [0.717, 1.165) is 0 Å². The molecule has 1 saturated heterocycles. The van der Waals surface area contributed by atoms with Crippen molar-refractivity contribution in [2.24, 2.45) is 5.50 Å². The smallest absolute Gasteiger partial charge is 0.280 e. The second-order valence-electron chi connectivity index (χ2n) is 8.92. The molecule has 1 fully saturated rings. The van der Waals surface area contributed by atoms with Crippen LogP contribution in [0.3, 0.4) is 0 Å². The number of ether oxygens (including phenoxy) is 2. The molecule has 0 saturated carbocycles. The number of aromatic nitrogens is 4. The largest absolute Gasteiger partial charge is 0.393 e. The first-order valence-electron chi connectivity index (χ1n) is 11.0. The van der Waals surface area contributed by atoms with Gasteiger partial charge in [-0.3, -0.25) is 19.8 Å². The number of aliphatic hydroxyl groups excluding tert-OH is 2. The van der Waals surface area contributed by atoms with Crippen molar-refractivity contribution >= 4 is 25.6 Å². The van der Waals surface area contributed by atoms with Crippen molar-refractivity contribution in [1.29, 1.82) is 5.26 Å². The second kappa shape index (κ2) is 11.0. The lowest BCUT2D eigenvalue weighted by Crippen LogP contribution is -2.58. The third kappa shape index (κ3) is 5.36. The zero-order valence-electron chi connectivity index (χ0n) is 20.0. The van der Waals surface area contributed by atoms with Crippen LogP contribution in [0, 0.1) is 11.3 Å². The first kappa shape index (κ1) is 28.3. The van der Waals surface area contributed by atoms with Crippen molar-refractivity contribution in [1.82, 2.24) is 24.6 Å². The quantitative estimate of drug-likeness (QED) is 0.0996. The number of rotatable bonds is 11. The summed E-state index contributed by atoms with van der Waals surface area (Å²) in [7, 11) is -2.31. The van der Waals surface area contributed by atoms with Crippen molar-refractivity contribution in [3.05, 3.63) is 16.7 Å². The van der Waals surface area contributed by atoms with Crippen LogP contribution in [0.5, 0.6) is 0 Å². The number of hydroxylamine groups is 2. The minimum Gasteiger partial charge on any atom is -0.393 e. The maximum Gasteiger partial charge on any atom is 0.280 e. The molecule has 0 spiro atoms. The number of nitrogens with zero attached hydrogens (tertiary/aromatic N) is 5. The zero-order chi connectivity index (χ0) is 26.8. The topological polar surface area (TPSA) is 251 Å². The molecule has 0 aliphatic carbocycles. The van der Waals surface area contributed by atoms with Crippen molar-refractivity contribution in [2.45, 2.75) is 69.4 Å². The summed E-state index contributed by atoms with van der Waals surface area (Å²) in [5.41, 5.74) is 9.28. The van der Waals surface area contributed by atoms with Crippen LogP contribution in [0.25, 0.3) is 11.2 Å². The van der Waals surface area contributed by atoms with E-state index in [4.69, 9.17) is 30.6 Å². The third-order valence-electron chi connectivity index (χ3n) is 5.91. The number of aliphatic hydroxyl groups is 3. The molecule has 2 unspecified atom stereocenters. The Kier molecular flexibility index (Phi) is 8.63. The van der Waals surface area contributed by atoms with Gasteiger partial charge in [0.15, 0.2) is 23.5 Å². The van der Waals surface area contributed by atoms with Gasteiger partial charge in [-0.15, -0.1) is 0 Å². The highest BCUT2D eigenvalue weighted by Crippen LogP contribution is 2.41. The number of imidazole rings is 1. The molecule has 1 aliphatic heterocycles. The number of nitrogens with one attached hydrogen (secondary N) is 1. The molecule has 36 heavy (non-hydrogen) atoms. The predicted octanol–water partition coefficient (Wildman–Crippen LogP) is -1.46. The zero-order valence-corrected chi connectivity index (χ0v) is 20.9. The Morgan fingerprint density at radius 1 is 1.53 bits per heavy atom. The van der Waals surface area contributed by atoms with E-state index in [1.54, 1.807) is 20.8 Å². The number of fused-ring (bicyclic) bond motifs is 1. The van der Waals surface area contributed by atoms with E-state index in [1.165, 1.54) is 16.0 Å². The summed E-state index contributed by atoms with van der Waals surface area (Å²) in [5.74, 6) is -2.64. The van der Waals surface area contributed by atoms with E-state index in [0.29, 0.717) is 0 Å². The molecule has 3 rings (SSSR count). The number of H-pyrrole nitrogens is 1. The summed E-state index contributed by atoms with van der Waals surface area (Å²) in [6, 6.07) is 1.70. The molecule has 3 heterocycles. The van der Waals surface area contributed by atoms with Crippen molar-refractivity contribution in [3.8, 4) is 6.07 Å². The summed E-state index contributed by atoms with van der Waals surface area (Å²) in [6.07, 6.45) is -3.13. The number of nitrogen functional groups attached to an aromatic ring is 1. The fourth-order valence-electron chi connectivity index (χ4n) is 4.18. The summed E-state index contributed by atoms with van der Waals surface area (Å²) in [5, 5.41) is 42.9. The molecule has 0 amide bonds. The third-order valence-corrected chi connectivity index (χ3v) is 6.26. The standard InChI is InChI=1S/C19H31N8O8P/c1-10(2)27(35-36(22)32)18(3,5-4-6-20)8-33-19(31)11(7-28)34-16(13(19)29)26-9-23-12-14(26)24-17(21)25-15(12)30/h9-11,13,16,28-29,31-32H,4-5,7-8,22H2,1-3H3,(H3,21,24,25,30)/t11-,13+,16-,18?,19+,36?/m1/s1. The second-order valence-corrected chi connectivity index (χ2v) is 9.69. The van der Waals surface area contributed by atoms with Crippen molar-refractivity contribution in [2.75, 3.05) is 18.9 Å². The van der Waals surface area contributed by atoms with Gasteiger partial charge in [0.25, 0.3) is 14.1 Å². The number of aromatic amines is 1. The molecule has 16 nitrogen and oxygen atoms in total. The predicted molar refractivity (Wildman–Crippen MR) is 125 cm³/mol. The number of hydrogen-bond acceptors (Lipinski definition) is 14. The maximum atomic E-state index is 12.1. The van der Waals surface area contributed by atoms with E-state index in [-0.39, 0.29) is 42.6 Å². The molecule has 1 aliphatic rings. The van der Waals surface area contributed by atoms with E-state index in [2.05, 4.69) is 15.0 Å². The lowest BCUT2D eigenvalue weighted by atomic mass is 9.94. The number of nitrogens with two attached hydrogens (primary N) is 2. The average molecular weight is 530 g/mol. The van der Waals surface area contributed by atoms with Crippen LogP contribution in [0.15, 0.2) is 11.1 Å². The number of anilines is 1. The first-order chi connectivity index (χ1) is 16.9. The van der Waals surface area contributed by atoms with Gasteiger partial charge in [0.1, 0.15) is 6.10 Å². The Balaban J connectivity index is 1.93. The van der Waals surface area contributed by atoms with Crippen LogP contribution in [0.4, 0.5) is 5.95 Å². The van der Waals surface area contributed by atoms with Gasteiger partial charge in [0.05, 0.1) is 31.1 Å². The van der Waals surface area contributed by atoms with Gasteiger partial charge in [-0.25, -0.2) is 9.61 Å². The Hall–Kier alpha value is -2.29. The van der Waals surface area contributed by atoms with Crippen LogP contribution < -0.4 is 16.8 Å². The van der Waals surface area contributed by atoms with E-state index in [9.17, 15) is 25.0 Å². The fourth-order valence-corrected chi connectivity index (χ4v) is 4.75. The van der Waals surface area contributed by atoms with Crippen LogP contribution in [-0.2, 0) is 14.1 Å². The van der Waals surface area contributed by atoms with Gasteiger partial charge in [-0.2, -0.15) is 15.3 Å². The monoisotopic (exact) mass is 530 g/mol. The minimum absolute atomic E-state index is 0.0151. The minimum atomic E-state index is -2.44. The summed E-state index contributed by atoms with van der Waals surface area (Å²) in [6.45, 7) is 4.14. The molecule has 0 radical (unpaired) electrons. The van der Waals surface area contributed by atoms with Crippen molar-refractivity contribution < 1.29 is 34.3 Å². The lowest BCUT2D eigenvalue weighted by molar-refractivity contribution is -0.290. The Bertz CT molecular complexity index is 1150. The van der Waals surface area contributed by atoms with Gasteiger partial charge in [-0.05, 0) is 27.2 Å². The number of hydrogen-bond donors (Lipinski definition) is 7. The lowest BCUT2D eigenvalue weighted by Gasteiger charge is -2.44. The average Bonchev–Trinajstić information content (AvgIpc) is 3.33. The SMILES string of the molecule is CC(C)N(OP(N)O)C(C)(CCC#N)CO[C@@]1(O)[C@@H](CO)O[C@@H](n2cnc3c(=O)[nH]c(N)nc32)[C@@H]1O. The molecule has 0 aromatic carbocycles. The van der Waals surface area contributed by atoms with Gasteiger partial charge in [0, 0.05) is 12.5 Å². The molecule has 9 N–H and O–H groups in total. The van der Waals surface area contributed by atoms with E-state index >= 15 is 0 Å². The van der Waals surface area contributed by atoms with Crippen LogP contribution >= 0.6 is 8.53 Å². The molecule has 17 heteroatoms. The molecular formula is C19H31N8O8P. The summed E-state index contributed by atoms with van der Waals surface area (Å²) in [4.78, 5) is 32.1. The normalized spacial score (nSPS) is 27.0. The Morgan fingerprint density at radius 2 is 2.22 bits per heavy atom. The maximum absolute atomic E-state index is 12.1. The highest BCUT2D eigenvalue weighted by atomic mass is 31.2. The Morgan fingerprint density at radius 3 is 2.81 bits per heavy atom. The molecule has 2 aromatic heterocycles. The van der Waals surface area contributed by atoms with Gasteiger partial charge in [-0.1, -0.05) is 0 Å². The van der Waals surface area contributed by atoms with Crippen molar-refractivity contribution in [3.63, 3.8) is 0 Å². The molecular weight excluding hydrogens is 499 g/mol. The molecule has 6 atom stereocenters. The van der Waals surface area contributed by atoms with Gasteiger partial charge < -0.3 is 35.4 Å². The summed E-state index contributed by atoms with van der Waals surface area (Å²) >= 11 is 0. The first-order valence-corrected chi connectivity index (χ1v) is 12.3. The fraction of sp³-hybridized carbons (Fsp3) is 0.684. The van der Waals surface area contributed by atoms with Crippen LogP contribution in [0.2, 0.25) is 0 Å².